The van der Waals surface area contributed by atoms with Gasteiger partial charge in [0, 0.05) is 10.6 Å². The molecule has 1 N–H and O–H groups in total. The van der Waals surface area contributed by atoms with Crippen molar-refractivity contribution in [3.8, 4) is 0 Å². The van der Waals surface area contributed by atoms with E-state index in [1.54, 1.807) is 0 Å². The maximum Gasteiger partial charge on any atom is 0.113 e. The van der Waals surface area contributed by atoms with Crippen LogP contribution in [0.2, 0.25) is 0 Å². The Bertz CT molecular complexity index is 282. The van der Waals surface area contributed by atoms with Crippen LogP contribution in [-0.2, 0) is 9.83 Å². The zero-order valence-corrected chi connectivity index (χ0v) is 9.03. The summed E-state index contributed by atoms with van der Waals surface area (Å²) in [6.07, 6.45) is 0. The lowest BCUT2D eigenvalue weighted by molar-refractivity contribution is 0.323. The van der Waals surface area contributed by atoms with E-state index >= 15 is 0 Å². The molecule has 4 heteroatoms. The second-order valence-electron chi connectivity index (χ2n) is 2.59. The van der Waals surface area contributed by atoms with Crippen LogP contribution in [0.25, 0.3) is 0 Å². The molecule has 1 aromatic carbocycles. The largest absolute Gasteiger partial charge is 0.395 e. The number of hydrogen-bond acceptors (Lipinski definition) is 3. The summed E-state index contributed by atoms with van der Waals surface area (Å²) in [6, 6.07) is 7.59. The van der Waals surface area contributed by atoms with Gasteiger partial charge in [0.15, 0.2) is 0 Å². The lowest BCUT2D eigenvalue weighted by Gasteiger charge is -2.00. The molecule has 1 aromatic rings. The molecule has 1 atom stereocenters. The Hall–Kier alpha value is -0.320. The van der Waals surface area contributed by atoms with Crippen LogP contribution >= 0.6 is 10.8 Å². The topological polar surface area (TPSA) is 37.3 Å². The van der Waals surface area contributed by atoms with Gasteiger partial charge in [0.2, 0.25) is 0 Å². The number of hydrogen-bond donors (Lipinski definition) is 1. The van der Waals surface area contributed by atoms with Crippen LogP contribution in [0.4, 0.5) is 0 Å². The number of benzene rings is 1. The van der Waals surface area contributed by atoms with Crippen molar-refractivity contribution in [2.24, 2.45) is 0 Å². The summed E-state index contributed by atoms with van der Waals surface area (Å²) in [7, 11) is 0.223. The van der Waals surface area contributed by atoms with Crippen LogP contribution in [-0.4, -0.2) is 21.7 Å². The lowest BCUT2D eigenvalue weighted by Crippen LogP contribution is -1.91. The molecule has 0 saturated heterocycles. The minimum atomic E-state index is -1.03. The summed E-state index contributed by atoms with van der Waals surface area (Å²) in [5.74, 6) is 0.514. The van der Waals surface area contributed by atoms with Crippen LogP contribution in [0.15, 0.2) is 29.2 Å². The molecular weight excluding hydrogens is 204 g/mol. The van der Waals surface area contributed by atoms with Gasteiger partial charge in [-0.15, -0.1) is 0 Å². The quantitative estimate of drug-likeness (QED) is 0.779. The SMILES string of the molecule is Cc1ccc(S(=O)SCCO)cc1. The molecule has 1 rings (SSSR count). The van der Waals surface area contributed by atoms with Crippen molar-refractivity contribution >= 4 is 20.6 Å². The monoisotopic (exact) mass is 216 g/mol. The maximum absolute atomic E-state index is 11.5. The molecule has 0 aliphatic heterocycles. The molecule has 0 aliphatic carbocycles. The van der Waals surface area contributed by atoms with Crippen LogP contribution in [0.1, 0.15) is 5.56 Å². The van der Waals surface area contributed by atoms with Crippen LogP contribution in [0, 0.1) is 6.92 Å². The van der Waals surface area contributed by atoms with Crippen molar-refractivity contribution in [1.82, 2.24) is 0 Å². The van der Waals surface area contributed by atoms with Crippen molar-refractivity contribution < 1.29 is 9.32 Å². The van der Waals surface area contributed by atoms with Gasteiger partial charge in [0.25, 0.3) is 0 Å². The fourth-order valence-corrected chi connectivity index (χ4v) is 2.97. The molecule has 0 heterocycles. The Morgan fingerprint density at radius 1 is 1.38 bits per heavy atom. The second-order valence-corrected chi connectivity index (χ2v) is 5.79. The Morgan fingerprint density at radius 3 is 2.54 bits per heavy atom. The number of aliphatic hydroxyl groups is 1. The number of aryl methyl sites for hydroxylation is 1. The highest BCUT2D eigenvalue weighted by atomic mass is 33.1. The van der Waals surface area contributed by atoms with Crippen LogP contribution in [0.3, 0.4) is 0 Å². The molecule has 0 aliphatic rings. The average molecular weight is 216 g/mol. The molecule has 0 saturated carbocycles. The van der Waals surface area contributed by atoms with Gasteiger partial charge in [-0.3, -0.25) is 0 Å². The second kappa shape index (κ2) is 5.42. The van der Waals surface area contributed by atoms with E-state index in [1.807, 2.05) is 31.2 Å². The Labute approximate surface area is 84.2 Å². The molecule has 1 unspecified atom stereocenters. The van der Waals surface area contributed by atoms with E-state index in [4.69, 9.17) is 5.11 Å². The molecule has 13 heavy (non-hydrogen) atoms. The summed E-state index contributed by atoms with van der Waals surface area (Å²) >= 11 is 0. The first-order chi connectivity index (χ1) is 6.24. The molecule has 0 spiro atoms. The van der Waals surface area contributed by atoms with E-state index in [-0.39, 0.29) is 6.61 Å². The summed E-state index contributed by atoms with van der Waals surface area (Å²) < 4.78 is 11.5. The third-order valence-electron chi connectivity index (χ3n) is 1.50. The molecule has 0 radical (unpaired) electrons. The highest BCUT2D eigenvalue weighted by Crippen LogP contribution is 2.18. The predicted molar refractivity (Wildman–Crippen MR) is 57.1 cm³/mol. The van der Waals surface area contributed by atoms with E-state index in [2.05, 4.69) is 0 Å². The molecule has 0 aromatic heterocycles. The van der Waals surface area contributed by atoms with Gasteiger partial charge in [-0.1, -0.05) is 28.5 Å². The molecule has 72 valence electrons. The standard InChI is InChI=1S/C9H12O2S2/c1-8-2-4-9(5-3-8)13(11)12-7-6-10/h2-5,10H,6-7H2,1H3. The number of aliphatic hydroxyl groups excluding tert-OH is 1. The van der Waals surface area contributed by atoms with Gasteiger partial charge < -0.3 is 5.11 Å². The van der Waals surface area contributed by atoms with Gasteiger partial charge in [0.05, 0.1) is 6.61 Å². The Balaban J connectivity index is 2.61. The maximum atomic E-state index is 11.5. The lowest BCUT2D eigenvalue weighted by atomic mass is 10.2. The summed E-state index contributed by atoms with van der Waals surface area (Å²) in [4.78, 5) is 0.809. The minimum absolute atomic E-state index is 0.0717. The van der Waals surface area contributed by atoms with Gasteiger partial charge in [-0.05, 0) is 19.1 Å². The summed E-state index contributed by atoms with van der Waals surface area (Å²) in [5.41, 5.74) is 1.16. The van der Waals surface area contributed by atoms with Crippen LogP contribution < -0.4 is 0 Å². The minimum Gasteiger partial charge on any atom is -0.395 e. The first-order valence-corrected chi connectivity index (χ1v) is 6.62. The summed E-state index contributed by atoms with van der Waals surface area (Å²) in [6.45, 7) is 2.07. The molecule has 0 bridgehead atoms. The van der Waals surface area contributed by atoms with Crippen molar-refractivity contribution in [1.29, 1.82) is 0 Å². The van der Waals surface area contributed by atoms with Crippen molar-refractivity contribution in [2.75, 3.05) is 12.4 Å². The van der Waals surface area contributed by atoms with E-state index in [0.717, 1.165) is 10.5 Å². The van der Waals surface area contributed by atoms with E-state index in [0.29, 0.717) is 5.75 Å². The molecule has 0 fully saturated rings. The number of rotatable bonds is 4. The normalized spacial score (nSPS) is 12.8. The van der Waals surface area contributed by atoms with Crippen molar-refractivity contribution in [2.45, 2.75) is 11.8 Å². The van der Waals surface area contributed by atoms with E-state index in [1.165, 1.54) is 10.8 Å². The van der Waals surface area contributed by atoms with Crippen molar-refractivity contribution in [3.05, 3.63) is 29.8 Å². The van der Waals surface area contributed by atoms with E-state index in [9.17, 15) is 4.21 Å². The predicted octanol–water partition coefficient (Wildman–Crippen LogP) is 1.74. The van der Waals surface area contributed by atoms with Gasteiger partial charge >= 0.3 is 0 Å². The molecular formula is C9H12O2S2. The molecule has 0 amide bonds. The summed E-state index contributed by atoms with van der Waals surface area (Å²) in [5, 5.41) is 8.55. The van der Waals surface area contributed by atoms with E-state index < -0.39 is 9.83 Å². The average Bonchev–Trinajstić information content (AvgIpc) is 2.15. The van der Waals surface area contributed by atoms with Gasteiger partial charge in [-0.2, -0.15) is 0 Å². The highest BCUT2D eigenvalue weighted by molar-refractivity contribution is 8.69. The fourth-order valence-electron chi connectivity index (χ4n) is 0.830. The first-order valence-electron chi connectivity index (χ1n) is 3.96. The third kappa shape index (κ3) is 3.50. The highest BCUT2D eigenvalue weighted by Gasteiger charge is 2.02. The van der Waals surface area contributed by atoms with Gasteiger partial charge in [0.1, 0.15) is 9.83 Å². The zero-order valence-electron chi connectivity index (χ0n) is 7.40. The Kier molecular flexibility index (Phi) is 4.48. The van der Waals surface area contributed by atoms with Gasteiger partial charge in [-0.25, -0.2) is 4.21 Å². The fraction of sp³-hybridized carbons (Fsp3) is 0.333. The smallest absolute Gasteiger partial charge is 0.113 e. The Morgan fingerprint density at radius 2 is 2.00 bits per heavy atom. The zero-order chi connectivity index (χ0) is 9.68. The molecule has 2 nitrogen and oxygen atoms in total. The first kappa shape index (κ1) is 10.8. The van der Waals surface area contributed by atoms with Crippen LogP contribution in [0.5, 0.6) is 0 Å². The third-order valence-corrected chi connectivity index (χ3v) is 4.44. The van der Waals surface area contributed by atoms with Crippen molar-refractivity contribution in [3.63, 3.8) is 0 Å².